The standard InChI is InChI=1S/C11H17NO4/c1-11(2,3)16-10(15)12-5-6-4-7(6)8(12)9(13)14/h6-8H,4-5H2,1-3H3,(H,13,14)/t6-,7+,8?/m0/s1. The van der Waals surface area contributed by atoms with Gasteiger partial charge in [0.1, 0.15) is 11.6 Å². The molecule has 1 saturated carbocycles. The lowest BCUT2D eigenvalue weighted by molar-refractivity contribution is -0.142. The molecule has 16 heavy (non-hydrogen) atoms. The first-order valence-electron chi connectivity index (χ1n) is 5.52. The first-order chi connectivity index (χ1) is 7.29. The largest absolute Gasteiger partial charge is 0.480 e. The lowest BCUT2D eigenvalue weighted by atomic mass is 10.2. The van der Waals surface area contributed by atoms with E-state index in [0.717, 1.165) is 6.42 Å². The van der Waals surface area contributed by atoms with Crippen LogP contribution in [0.15, 0.2) is 0 Å². The summed E-state index contributed by atoms with van der Waals surface area (Å²) in [6.45, 7) is 5.85. The van der Waals surface area contributed by atoms with Crippen LogP contribution in [0.25, 0.3) is 0 Å². The molecule has 1 unspecified atom stereocenters. The average Bonchev–Trinajstić information content (AvgIpc) is 2.73. The Morgan fingerprint density at radius 3 is 2.50 bits per heavy atom. The maximum absolute atomic E-state index is 11.8. The van der Waals surface area contributed by atoms with E-state index in [-0.39, 0.29) is 5.92 Å². The van der Waals surface area contributed by atoms with Crippen LogP contribution in [0.1, 0.15) is 27.2 Å². The zero-order chi connectivity index (χ0) is 12.1. The number of carbonyl (C=O) groups excluding carboxylic acids is 1. The molecular formula is C11H17NO4. The van der Waals surface area contributed by atoms with Crippen molar-refractivity contribution in [2.24, 2.45) is 11.8 Å². The van der Waals surface area contributed by atoms with Crippen molar-refractivity contribution in [2.45, 2.75) is 38.8 Å². The minimum absolute atomic E-state index is 0.144. The maximum Gasteiger partial charge on any atom is 0.411 e. The molecule has 90 valence electrons. The van der Waals surface area contributed by atoms with Gasteiger partial charge in [0.05, 0.1) is 0 Å². The van der Waals surface area contributed by atoms with Gasteiger partial charge in [-0.1, -0.05) is 0 Å². The van der Waals surface area contributed by atoms with E-state index in [0.29, 0.717) is 12.5 Å². The lowest BCUT2D eigenvalue weighted by Crippen LogP contribution is -2.45. The van der Waals surface area contributed by atoms with Gasteiger partial charge in [0.2, 0.25) is 0 Å². The number of nitrogens with zero attached hydrogens (tertiary/aromatic N) is 1. The number of amides is 1. The highest BCUT2D eigenvalue weighted by molar-refractivity contribution is 5.82. The van der Waals surface area contributed by atoms with Gasteiger partial charge in [0.25, 0.3) is 0 Å². The monoisotopic (exact) mass is 227 g/mol. The van der Waals surface area contributed by atoms with Crippen LogP contribution >= 0.6 is 0 Å². The van der Waals surface area contributed by atoms with E-state index in [1.165, 1.54) is 4.90 Å². The van der Waals surface area contributed by atoms with Crippen LogP contribution in [-0.4, -0.2) is 40.3 Å². The van der Waals surface area contributed by atoms with E-state index in [2.05, 4.69) is 0 Å². The Kier molecular flexibility index (Phi) is 2.36. The van der Waals surface area contributed by atoms with Gasteiger partial charge in [-0.25, -0.2) is 9.59 Å². The highest BCUT2D eigenvalue weighted by Crippen LogP contribution is 2.49. The van der Waals surface area contributed by atoms with Crippen LogP contribution in [0.3, 0.4) is 0 Å². The Hall–Kier alpha value is -1.26. The maximum atomic E-state index is 11.8. The molecule has 0 aromatic carbocycles. The predicted octanol–water partition coefficient (Wildman–Crippen LogP) is 1.33. The van der Waals surface area contributed by atoms with Crippen molar-refractivity contribution in [1.29, 1.82) is 0 Å². The molecule has 2 aliphatic rings. The van der Waals surface area contributed by atoms with E-state index in [1.54, 1.807) is 20.8 Å². The quantitative estimate of drug-likeness (QED) is 0.733. The van der Waals surface area contributed by atoms with Gasteiger partial charge >= 0.3 is 12.1 Å². The molecule has 1 aliphatic heterocycles. The van der Waals surface area contributed by atoms with Gasteiger partial charge in [-0.3, -0.25) is 4.90 Å². The fraction of sp³-hybridized carbons (Fsp3) is 0.818. The molecule has 5 nitrogen and oxygen atoms in total. The Morgan fingerprint density at radius 1 is 1.38 bits per heavy atom. The minimum atomic E-state index is -0.921. The van der Waals surface area contributed by atoms with Gasteiger partial charge in [-0.2, -0.15) is 0 Å². The second-order valence-corrected chi connectivity index (χ2v) is 5.58. The van der Waals surface area contributed by atoms with Crippen molar-refractivity contribution in [3.8, 4) is 0 Å². The van der Waals surface area contributed by atoms with Crippen LogP contribution in [0.5, 0.6) is 0 Å². The van der Waals surface area contributed by atoms with Gasteiger partial charge in [-0.15, -0.1) is 0 Å². The molecule has 1 aliphatic carbocycles. The fourth-order valence-corrected chi connectivity index (χ4v) is 2.29. The number of carboxylic acid groups (broad SMARTS) is 1. The zero-order valence-corrected chi connectivity index (χ0v) is 9.77. The number of carbonyl (C=O) groups is 2. The van der Waals surface area contributed by atoms with Crippen molar-refractivity contribution >= 4 is 12.1 Å². The summed E-state index contributed by atoms with van der Waals surface area (Å²) in [4.78, 5) is 24.2. The van der Waals surface area contributed by atoms with Crippen molar-refractivity contribution in [2.75, 3.05) is 6.54 Å². The average molecular weight is 227 g/mol. The number of aliphatic carboxylic acids is 1. The molecule has 1 amide bonds. The molecule has 0 aromatic rings. The first kappa shape index (κ1) is 11.2. The van der Waals surface area contributed by atoms with Crippen LogP contribution in [0, 0.1) is 11.8 Å². The molecule has 1 saturated heterocycles. The second kappa shape index (κ2) is 3.37. The Morgan fingerprint density at radius 2 is 2.00 bits per heavy atom. The zero-order valence-electron chi connectivity index (χ0n) is 9.77. The lowest BCUT2D eigenvalue weighted by Gasteiger charge is -2.28. The van der Waals surface area contributed by atoms with E-state index in [4.69, 9.17) is 9.84 Å². The predicted molar refractivity (Wildman–Crippen MR) is 56.0 cm³/mol. The molecule has 0 bridgehead atoms. The Labute approximate surface area is 94.4 Å². The van der Waals surface area contributed by atoms with Crippen LogP contribution in [-0.2, 0) is 9.53 Å². The molecule has 1 N–H and O–H groups in total. The molecule has 5 heteroatoms. The summed E-state index contributed by atoms with van der Waals surface area (Å²) in [6.07, 6.45) is 0.420. The fourth-order valence-electron chi connectivity index (χ4n) is 2.29. The topological polar surface area (TPSA) is 66.8 Å². The van der Waals surface area contributed by atoms with Crippen LogP contribution in [0.4, 0.5) is 4.79 Å². The number of rotatable bonds is 1. The van der Waals surface area contributed by atoms with E-state index in [9.17, 15) is 9.59 Å². The van der Waals surface area contributed by atoms with Gasteiger partial charge < -0.3 is 9.84 Å². The number of carboxylic acids is 1. The van der Waals surface area contributed by atoms with E-state index in [1.807, 2.05) is 0 Å². The molecule has 2 rings (SSSR count). The number of ether oxygens (including phenoxy) is 1. The van der Waals surface area contributed by atoms with Crippen LogP contribution < -0.4 is 0 Å². The number of likely N-dealkylation sites (tertiary alicyclic amines) is 1. The number of fused-ring (bicyclic) bond motifs is 1. The summed E-state index contributed by atoms with van der Waals surface area (Å²) in [5.41, 5.74) is -0.576. The summed E-state index contributed by atoms with van der Waals surface area (Å²) in [5.74, 6) is -0.408. The third-order valence-corrected chi connectivity index (χ3v) is 3.03. The smallest absolute Gasteiger partial charge is 0.411 e. The number of hydrogen-bond donors (Lipinski definition) is 1. The summed E-state index contributed by atoms with van der Waals surface area (Å²) < 4.78 is 5.19. The Bertz CT molecular complexity index is 333. The molecule has 0 radical (unpaired) electrons. The summed E-state index contributed by atoms with van der Waals surface area (Å²) >= 11 is 0. The molecular weight excluding hydrogens is 210 g/mol. The normalized spacial score (nSPS) is 32.2. The third-order valence-electron chi connectivity index (χ3n) is 3.03. The van der Waals surface area contributed by atoms with Crippen molar-refractivity contribution in [3.63, 3.8) is 0 Å². The van der Waals surface area contributed by atoms with Crippen molar-refractivity contribution in [3.05, 3.63) is 0 Å². The van der Waals surface area contributed by atoms with E-state index >= 15 is 0 Å². The SMILES string of the molecule is CC(C)(C)OC(=O)N1C[C@@H]2C[C@H]2C1C(=O)O. The summed E-state index contributed by atoms with van der Waals surface area (Å²) in [5, 5.41) is 9.08. The van der Waals surface area contributed by atoms with E-state index < -0.39 is 23.7 Å². The Balaban J connectivity index is 2.04. The van der Waals surface area contributed by atoms with Crippen molar-refractivity contribution in [1.82, 2.24) is 4.90 Å². The van der Waals surface area contributed by atoms with Gasteiger partial charge in [-0.05, 0) is 39.0 Å². The highest BCUT2D eigenvalue weighted by Gasteiger charge is 2.57. The molecule has 0 spiro atoms. The molecule has 2 fully saturated rings. The van der Waals surface area contributed by atoms with Gasteiger partial charge in [0.15, 0.2) is 0 Å². The summed E-state index contributed by atoms with van der Waals surface area (Å²) in [6, 6.07) is -0.681. The molecule has 0 aromatic heterocycles. The minimum Gasteiger partial charge on any atom is -0.480 e. The third kappa shape index (κ3) is 1.99. The van der Waals surface area contributed by atoms with Gasteiger partial charge in [0, 0.05) is 6.54 Å². The molecule has 1 heterocycles. The van der Waals surface area contributed by atoms with Crippen LogP contribution in [0.2, 0.25) is 0 Å². The van der Waals surface area contributed by atoms with Crippen molar-refractivity contribution < 1.29 is 19.4 Å². The first-order valence-corrected chi connectivity index (χ1v) is 5.52. The number of hydrogen-bond acceptors (Lipinski definition) is 3. The number of piperidine rings is 1. The highest BCUT2D eigenvalue weighted by atomic mass is 16.6. The second-order valence-electron chi connectivity index (χ2n) is 5.58. The summed E-state index contributed by atoms with van der Waals surface area (Å²) in [7, 11) is 0. The molecule has 3 atom stereocenters.